The van der Waals surface area contributed by atoms with Gasteiger partial charge in [0, 0.05) is 5.69 Å². The van der Waals surface area contributed by atoms with Crippen molar-refractivity contribution in [1.29, 1.82) is 0 Å². The molecule has 0 atom stereocenters. The first-order chi connectivity index (χ1) is 11.9. The lowest BCUT2D eigenvalue weighted by molar-refractivity contribution is -0.137. The Morgan fingerprint density at radius 2 is 1.77 bits per heavy atom. The number of halogens is 4. The number of aromatic nitrogens is 1. The fourth-order valence-electron chi connectivity index (χ4n) is 2.00. The maximum Gasteiger partial charge on any atom is 0.417 e. The Bertz CT molecular complexity index is 893. The van der Waals surface area contributed by atoms with Gasteiger partial charge in [-0.25, -0.2) is 4.98 Å². The molecular weight excluding hydrogens is 379 g/mol. The summed E-state index contributed by atoms with van der Waals surface area (Å²) in [6.07, 6.45) is -4.56. The SMILES string of the molecule is Cc1cc(C#C[Si](C)(C)C)c(Oc2ccc(Cl)c(C(F)(F)F)c2)nc1C. The van der Waals surface area contributed by atoms with Gasteiger partial charge < -0.3 is 4.74 Å². The standard InChI is InChI=1S/C19H19ClF3NOSi/c1-12-10-14(8-9-26(3,4)5)18(24-13(12)2)25-15-6-7-17(20)16(11-15)19(21,22)23/h6-7,10-11H,1-5H3. The van der Waals surface area contributed by atoms with Crippen molar-refractivity contribution in [3.05, 3.63) is 51.7 Å². The number of ether oxygens (including phenoxy) is 1. The Kier molecular flexibility index (Phi) is 5.74. The third kappa shape index (κ3) is 5.26. The molecule has 1 aromatic carbocycles. The number of benzene rings is 1. The lowest BCUT2D eigenvalue weighted by Crippen LogP contribution is -2.16. The van der Waals surface area contributed by atoms with E-state index in [1.807, 2.05) is 13.0 Å². The van der Waals surface area contributed by atoms with Gasteiger partial charge in [0.1, 0.15) is 13.8 Å². The highest BCUT2D eigenvalue weighted by molar-refractivity contribution is 6.83. The predicted molar refractivity (Wildman–Crippen MR) is 100 cm³/mol. The van der Waals surface area contributed by atoms with Gasteiger partial charge in [-0.1, -0.05) is 37.2 Å². The average Bonchev–Trinajstić information content (AvgIpc) is 2.49. The Morgan fingerprint density at radius 3 is 2.35 bits per heavy atom. The second-order valence-corrected chi connectivity index (χ2v) is 12.1. The molecule has 0 aliphatic carbocycles. The molecule has 0 fully saturated rings. The van der Waals surface area contributed by atoms with Crippen LogP contribution in [0, 0.1) is 25.3 Å². The number of aryl methyl sites for hydroxylation is 2. The van der Waals surface area contributed by atoms with Crippen LogP contribution in [0.15, 0.2) is 24.3 Å². The van der Waals surface area contributed by atoms with E-state index in [2.05, 4.69) is 36.1 Å². The lowest BCUT2D eigenvalue weighted by atomic mass is 10.1. The van der Waals surface area contributed by atoms with Gasteiger partial charge in [0.05, 0.1) is 16.1 Å². The van der Waals surface area contributed by atoms with Crippen LogP contribution >= 0.6 is 11.6 Å². The van der Waals surface area contributed by atoms with E-state index in [9.17, 15) is 13.2 Å². The van der Waals surface area contributed by atoms with Crippen LogP contribution in [0.25, 0.3) is 0 Å². The lowest BCUT2D eigenvalue weighted by Gasteiger charge is -2.13. The van der Waals surface area contributed by atoms with Crippen LogP contribution in [0.1, 0.15) is 22.4 Å². The molecule has 0 saturated carbocycles. The Labute approximate surface area is 157 Å². The molecule has 0 spiro atoms. The van der Waals surface area contributed by atoms with E-state index in [1.54, 1.807) is 6.92 Å². The average molecular weight is 398 g/mol. The third-order valence-electron chi connectivity index (χ3n) is 3.46. The molecule has 0 amide bonds. The van der Waals surface area contributed by atoms with Gasteiger partial charge in [0.25, 0.3) is 0 Å². The first-order valence-corrected chi connectivity index (χ1v) is 11.8. The second kappa shape index (κ2) is 7.34. The molecule has 138 valence electrons. The molecule has 0 radical (unpaired) electrons. The minimum absolute atomic E-state index is 0.00790. The van der Waals surface area contributed by atoms with Crippen molar-refractivity contribution in [2.75, 3.05) is 0 Å². The minimum atomic E-state index is -4.56. The van der Waals surface area contributed by atoms with Gasteiger partial charge in [0.2, 0.25) is 5.88 Å². The Morgan fingerprint density at radius 1 is 1.12 bits per heavy atom. The van der Waals surface area contributed by atoms with Crippen LogP contribution in [0.4, 0.5) is 13.2 Å². The number of hydrogen-bond donors (Lipinski definition) is 0. The highest BCUT2D eigenvalue weighted by atomic mass is 35.5. The highest BCUT2D eigenvalue weighted by Crippen LogP contribution is 2.37. The summed E-state index contributed by atoms with van der Waals surface area (Å²) in [6.45, 7) is 10.0. The summed E-state index contributed by atoms with van der Waals surface area (Å²) < 4.78 is 44.8. The van der Waals surface area contributed by atoms with Crippen molar-refractivity contribution >= 4 is 19.7 Å². The van der Waals surface area contributed by atoms with E-state index in [0.717, 1.165) is 23.4 Å². The zero-order valence-corrected chi connectivity index (χ0v) is 16.9. The van der Waals surface area contributed by atoms with Crippen LogP contribution in [0.3, 0.4) is 0 Å². The van der Waals surface area contributed by atoms with E-state index in [0.29, 0.717) is 5.56 Å². The maximum absolute atomic E-state index is 13.0. The molecule has 0 aliphatic heterocycles. The van der Waals surface area contributed by atoms with Gasteiger partial charge in [-0.3, -0.25) is 0 Å². The largest absolute Gasteiger partial charge is 0.438 e. The van der Waals surface area contributed by atoms with E-state index in [1.165, 1.54) is 6.07 Å². The van der Waals surface area contributed by atoms with Gasteiger partial charge in [-0.05, 0) is 43.7 Å². The fourth-order valence-corrected chi connectivity index (χ4v) is 2.74. The molecule has 2 rings (SSSR count). The molecule has 2 aromatic rings. The van der Waals surface area contributed by atoms with E-state index in [-0.39, 0.29) is 16.7 Å². The summed E-state index contributed by atoms with van der Waals surface area (Å²) in [6, 6.07) is 5.25. The third-order valence-corrected chi connectivity index (χ3v) is 4.67. The van der Waals surface area contributed by atoms with E-state index < -0.39 is 19.8 Å². The van der Waals surface area contributed by atoms with Gasteiger partial charge in [-0.15, -0.1) is 5.54 Å². The van der Waals surface area contributed by atoms with Crippen LogP contribution in [0.5, 0.6) is 11.6 Å². The molecule has 0 saturated heterocycles. The normalized spacial score (nSPS) is 11.7. The molecule has 0 unspecified atom stereocenters. The molecular formula is C19H19ClF3NOSi. The number of nitrogens with zero attached hydrogens (tertiary/aromatic N) is 1. The van der Waals surface area contributed by atoms with Crippen molar-refractivity contribution in [3.63, 3.8) is 0 Å². The van der Waals surface area contributed by atoms with E-state index in [4.69, 9.17) is 16.3 Å². The molecule has 1 heterocycles. The number of hydrogen-bond acceptors (Lipinski definition) is 2. The zero-order chi connectivity index (χ0) is 19.7. The maximum atomic E-state index is 13.0. The smallest absolute Gasteiger partial charge is 0.417 e. The highest BCUT2D eigenvalue weighted by Gasteiger charge is 2.33. The molecule has 0 aliphatic rings. The van der Waals surface area contributed by atoms with E-state index >= 15 is 0 Å². The topological polar surface area (TPSA) is 22.1 Å². The number of alkyl halides is 3. The van der Waals surface area contributed by atoms with Gasteiger partial charge in [0.15, 0.2) is 0 Å². The van der Waals surface area contributed by atoms with Crippen molar-refractivity contribution in [3.8, 4) is 23.1 Å². The monoisotopic (exact) mass is 397 g/mol. The zero-order valence-electron chi connectivity index (χ0n) is 15.2. The van der Waals surface area contributed by atoms with Gasteiger partial charge in [-0.2, -0.15) is 13.2 Å². The molecule has 2 nitrogen and oxygen atoms in total. The summed E-state index contributed by atoms with van der Waals surface area (Å²) in [5.74, 6) is 3.27. The molecule has 26 heavy (non-hydrogen) atoms. The fraction of sp³-hybridized carbons (Fsp3) is 0.316. The minimum Gasteiger partial charge on any atom is -0.438 e. The second-order valence-electron chi connectivity index (χ2n) is 6.98. The Balaban J connectivity index is 2.49. The van der Waals surface area contributed by atoms with Gasteiger partial charge >= 0.3 is 6.18 Å². The van der Waals surface area contributed by atoms with Crippen LogP contribution < -0.4 is 4.74 Å². The summed E-state index contributed by atoms with van der Waals surface area (Å²) in [7, 11) is -1.64. The first-order valence-electron chi connectivity index (χ1n) is 7.93. The summed E-state index contributed by atoms with van der Waals surface area (Å²) in [4.78, 5) is 4.36. The van der Waals surface area contributed by atoms with Crippen LogP contribution in [-0.2, 0) is 6.18 Å². The Hall–Kier alpha value is -1.97. The summed E-state index contributed by atoms with van der Waals surface area (Å²) in [5.41, 5.74) is 4.49. The summed E-state index contributed by atoms with van der Waals surface area (Å²) >= 11 is 5.65. The van der Waals surface area contributed by atoms with Crippen molar-refractivity contribution < 1.29 is 17.9 Å². The first kappa shape index (κ1) is 20.3. The summed E-state index contributed by atoms with van der Waals surface area (Å²) in [5, 5.41) is -0.378. The molecule has 1 aromatic heterocycles. The molecule has 0 bridgehead atoms. The van der Waals surface area contributed by atoms with Crippen molar-refractivity contribution in [2.45, 2.75) is 39.7 Å². The quantitative estimate of drug-likeness (QED) is 0.432. The van der Waals surface area contributed by atoms with Crippen molar-refractivity contribution in [1.82, 2.24) is 4.98 Å². The van der Waals surface area contributed by atoms with Crippen LogP contribution in [0.2, 0.25) is 24.7 Å². The van der Waals surface area contributed by atoms with Crippen LogP contribution in [-0.4, -0.2) is 13.1 Å². The molecule has 0 N–H and O–H groups in total. The number of rotatable bonds is 2. The predicted octanol–water partition coefficient (Wildman–Crippen LogP) is 6.39. The van der Waals surface area contributed by atoms with Crippen molar-refractivity contribution in [2.24, 2.45) is 0 Å². The molecule has 7 heteroatoms. The number of pyridine rings is 1.